The first-order valence-electron chi connectivity index (χ1n) is 5.23. The van der Waals surface area contributed by atoms with E-state index in [4.69, 9.17) is 0 Å². The van der Waals surface area contributed by atoms with Crippen LogP contribution in [0.1, 0.15) is 12.5 Å². The molecular weight excluding hydrogens is 192 g/mol. The number of hydrogen-bond acceptors (Lipinski definition) is 3. The van der Waals surface area contributed by atoms with E-state index in [0.29, 0.717) is 0 Å². The average Bonchev–Trinajstić information content (AvgIpc) is 2.68. The second-order valence-corrected chi connectivity index (χ2v) is 4.32. The van der Waals surface area contributed by atoms with E-state index in [9.17, 15) is 0 Å². The molecule has 0 amide bonds. The van der Waals surface area contributed by atoms with Crippen LogP contribution < -0.4 is 5.32 Å². The van der Waals surface area contributed by atoms with E-state index in [1.807, 2.05) is 0 Å². The van der Waals surface area contributed by atoms with Crippen LogP contribution >= 0.6 is 11.3 Å². The number of rotatable bonds is 7. The Hall–Kier alpha value is -0.380. The van der Waals surface area contributed by atoms with Gasteiger partial charge in [-0.3, -0.25) is 0 Å². The van der Waals surface area contributed by atoms with Gasteiger partial charge in [0.15, 0.2) is 0 Å². The molecule has 0 radical (unpaired) electrons. The van der Waals surface area contributed by atoms with E-state index in [0.717, 1.165) is 26.2 Å². The average molecular weight is 212 g/mol. The van der Waals surface area contributed by atoms with Crippen molar-refractivity contribution in [1.29, 1.82) is 0 Å². The molecule has 3 heteroatoms. The first-order chi connectivity index (χ1) is 6.83. The number of likely N-dealkylation sites (N-methyl/N-ethyl adjacent to an activating group) is 2. The molecule has 0 aromatic carbocycles. The molecule has 14 heavy (non-hydrogen) atoms. The summed E-state index contributed by atoms with van der Waals surface area (Å²) >= 11 is 1.78. The molecule has 0 saturated carbocycles. The van der Waals surface area contributed by atoms with Crippen molar-refractivity contribution in [2.45, 2.75) is 13.3 Å². The van der Waals surface area contributed by atoms with Crippen LogP contribution in [-0.4, -0.2) is 38.1 Å². The first-order valence-corrected chi connectivity index (χ1v) is 6.17. The molecule has 80 valence electrons. The summed E-state index contributed by atoms with van der Waals surface area (Å²) in [5, 5.41) is 7.71. The van der Waals surface area contributed by atoms with Crippen molar-refractivity contribution < 1.29 is 0 Å². The van der Waals surface area contributed by atoms with Crippen molar-refractivity contribution in [1.82, 2.24) is 10.2 Å². The van der Waals surface area contributed by atoms with Gasteiger partial charge in [-0.25, -0.2) is 0 Å². The zero-order valence-electron chi connectivity index (χ0n) is 9.12. The van der Waals surface area contributed by atoms with Crippen molar-refractivity contribution in [3.8, 4) is 0 Å². The van der Waals surface area contributed by atoms with E-state index in [2.05, 4.69) is 41.0 Å². The molecule has 0 aliphatic rings. The Morgan fingerprint density at radius 3 is 2.93 bits per heavy atom. The maximum Gasteiger partial charge on any atom is 0.0104 e. The fraction of sp³-hybridized carbons (Fsp3) is 0.636. The summed E-state index contributed by atoms with van der Waals surface area (Å²) in [6.45, 7) is 6.60. The molecule has 0 fully saturated rings. The minimum absolute atomic E-state index is 1.07. The Morgan fingerprint density at radius 2 is 2.29 bits per heavy atom. The monoisotopic (exact) mass is 212 g/mol. The molecule has 0 atom stereocenters. The summed E-state index contributed by atoms with van der Waals surface area (Å²) in [5.74, 6) is 0. The summed E-state index contributed by atoms with van der Waals surface area (Å²) in [5.41, 5.74) is 1.46. The second-order valence-electron chi connectivity index (χ2n) is 3.54. The van der Waals surface area contributed by atoms with Gasteiger partial charge in [0.05, 0.1) is 0 Å². The summed E-state index contributed by atoms with van der Waals surface area (Å²) in [6.07, 6.45) is 1.17. The Labute approximate surface area is 90.9 Å². The van der Waals surface area contributed by atoms with Crippen LogP contribution in [0.4, 0.5) is 0 Å². The van der Waals surface area contributed by atoms with Crippen LogP contribution in [0.5, 0.6) is 0 Å². The number of nitrogens with zero attached hydrogens (tertiary/aromatic N) is 1. The predicted octanol–water partition coefficient (Wildman–Crippen LogP) is 1.83. The number of nitrogens with one attached hydrogen (secondary N) is 1. The fourth-order valence-corrected chi connectivity index (χ4v) is 2.02. The Bertz CT molecular complexity index is 221. The van der Waals surface area contributed by atoms with Gasteiger partial charge in [0, 0.05) is 19.6 Å². The molecule has 1 rings (SSSR count). The van der Waals surface area contributed by atoms with Crippen molar-refractivity contribution in [3.05, 3.63) is 22.4 Å². The maximum absolute atomic E-state index is 3.33. The van der Waals surface area contributed by atoms with Crippen LogP contribution in [0.3, 0.4) is 0 Å². The zero-order valence-corrected chi connectivity index (χ0v) is 9.94. The molecule has 1 heterocycles. The highest BCUT2D eigenvalue weighted by Crippen LogP contribution is 2.06. The van der Waals surface area contributed by atoms with Crippen molar-refractivity contribution >= 4 is 11.3 Å². The summed E-state index contributed by atoms with van der Waals surface area (Å²) in [4.78, 5) is 2.38. The van der Waals surface area contributed by atoms with E-state index >= 15 is 0 Å². The quantitative estimate of drug-likeness (QED) is 0.694. The fourth-order valence-electron chi connectivity index (χ4n) is 1.31. The van der Waals surface area contributed by atoms with Gasteiger partial charge >= 0.3 is 0 Å². The van der Waals surface area contributed by atoms with Gasteiger partial charge in [0.2, 0.25) is 0 Å². The lowest BCUT2D eigenvalue weighted by atomic mass is 10.2. The predicted molar refractivity (Wildman–Crippen MR) is 64.1 cm³/mol. The highest BCUT2D eigenvalue weighted by Gasteiger charge is 1.98. The smallest absolute Gasteiger partial charge is 0.0104 e. The molecule has 1 aromatic heterocycles. The minimum atomic E-state index is 1.07. The van der Waals surface area contributed by atoms with E-state index < -0.39 is 0 Å². The molecule has 0 bridgehead atoms. The van der Waals surface area contributed by atoms with Gasteiger partial charge in [-0.2, -0.15) is 11.3 Å². The zero-order chi connectivity index (χ0) is 10.2. The standard InChI is InChI=1S/C11H20N2S/c1-3-12-6-8-13(2)7-4-11-5-9-14-10-11/h5,9-10,12H,3-4,6-8H2,1-2H3. The highest BCUT2D eigenvalue weighted by molar-refractivity contribution is 7.07. The van der Waals surface area contributed by atoms with Crippen molar-refractivity contribution in [3.63, 3.8) is 0 Å². The van der Waals surface area contributed by atoms with Crippen molar-refractivity contribution in [2.75, 3.05) is 33.2 Å². The Balaban J connectivity index is 2.06. The van der Waals surface area contributed by atoms with Crippen LogP contribution in [0.2, 0.25) is 0 Å². The maximum atomic E-state index is 3.33. The Morgan fingerprint density at radius 1 is 1.43 bits per heavy atom. The molecule has 1 N–H and O–H groups in total. The normalized spacial score (nSPS) is 11.1. The van der Waals surface area contributed by atoms with E-state index in [1.54, 1.807) is 11.3 Å². The molecular formula is C11H20N2S. The second kappa shape index (κ2) is 6.98. The molecule has 0 aliphatic carbocycles. The van der Waals surface area contributed by atoms with Crippen LogP contribution in [0.25, 0.3) is 0 Å². The van der Waals surface area contributed by atoms with Gasteiger partial charge in [0.25, 0.3) is 0 Å². The molecule has 0 spiro atoms. The molecule has 0 unspecified atom stereocenters. The summed E-state index contributed by atoms with van der Waals surface area (Å²) < 4.78 is 0. The summed E-state index contributed by atoms with van der Waals surface area (Å²) in [6, 6.07) is 2.21. The third-order valence-electron chi connectivity index (χ3n) is 2.28. The minimum Gasteiger partial charge on any atom is -0.316 e. The largest absolute Gasteiger partial charge is 0.316 e. The summed E-state index contributed by atoms with van der Waals surface area (Å²) in [7, 11) is 2.18. The van der Waals surface area contributed by atoms with Crippen LogP contribution in [0, 0.1) is 0 Å². The SMILES string of the molecule is CCNCCN(C)CCc1ccsc1. The van der Waals surface area contributed by atoms with Gasteiger partial charge in [-0.1, -0.05) is 6.92 Å². The van der Waals surface area contributed by atoms with Crippen LogP contribution in [0.15, 0.2) is 16.8 Å². The molecule has 1 aromatic rings. The van der Waals surface area contributed by atoms with E-state index in [-0.39, 0.29) is 0 Å². The topological polar surface area (TPSA) is 15.3 Å². The first kappa shape index (κ1) is 11.7. The van der Waals surface area contributed by atoms with Gasteiger partial charge in [0.1, 0.15) is 0 Å². The number of hydrogen-bond donors (Lipinski definition) is 1. The lowest BCUT2D eigenvalue weighted by molar-refractivity contribution is 0.337. The van der Waals surface area contributed by atoms with Crippen molar-refractivity contribution in [2.24, 2.45) is 0 Å². The third-order valence-corrected chi connectivity index (χ3v) is 3.01. The van der Waals surface area contributed by atoms with Gasteiger partial charge in [-0.05, 0) is 42.4 Å². The van der Waals surface area contributed by atoms with Gasteiger partial charge in [-0.15, -0.1) is 0 Å². The third kappa shape index (κ3) is 4.74. The molecule has 2 nitrogen and oxygen atoms in total. The lowest BCUT2D eigenvalue weighted by Crippen LogP contribution is -2.30. The number of thiophene rings is 1. The lowest BCUT2D eigenvalue weighted by Gasteiger charge is -2.15. The van der Waals surface area contributed by atoms with Gasteiger partial charge < -0.3 is 10.2 Å². The highest BCUT2D eigenvalue weighted by atomic mass is 32.1. The van der Waals surface area contributed by atoms with Crippen LogP contribution in [-0.2, 0) is 6.42 Å². The molecule has 0 saturated heterocycles. The van der Waals surface area contributed by atoms with E-state index in [1.165, 1.54) is 12.0 Å². The Kier molecular flexibility index (Phi) is 5.83. The molecule has 0 aliphatic heterocycles.